The zero-order valence-electron chi connectivity index (χ0n) is 15.1. The molecule has 6 heteroatoms. The number of anilines is 2. The van der Waals surface area contributed by atoms with Crippen LogP contribution in [-0.2, 0) is 9.59 Å². The number of rotatable bonds is 8. The van der Waals surface area contributed by atoms with Crippen molar-refractivity contribution in [2.75, 3.05) is 23.3 Å². The van der Waals surface area contributed by atoms with Gasteiger partial charge in [0.2, 0.25) is 11.8 Å². The minimum atomic E-state index is -0.463. The fraction of sp³-hybridized carbons (Fsp3) is 0.250. The number of hydrogen-bond acceptors (Lipinski definition) is 4. The summed E-state index contributed by atoms with van der Waals surface area (Å²) in [5.41, 5.74) is 5.04. The highest BCUT2D eigenvalue weighted by atomic mass is 16.2. The molecule has 136 valence electrons. The van der Waals surface area contributed by atoms with Crippen molar-refractivity contribution in [1.29, 1.82) is 0 Å². The van der Waals surface area contributed by atoms with Crippen molar-refractivity contribution in [1.82, 2.24) is 5.43 Å². The number of hydrogen-bond donors (Lipinski definition) is 2. The third kappa shape index (κ3) is 6.05. The Labute approximate surface area is 153 Å². The van der Waals surface area contributed by atoms with Crippen LogP contribution < -0.4 is 15.6 Å². The second kappa shape index (κ2) is 9.98. The molecule has 0 aromatic heterocycles. The number of amides is 2. The monoisotopic (exact) mass is 352 g/mol. The Morgan fingerprint density at radius 3 is 2.23 bits per heavy atom. The summed E-state index contributed by atoms with van der Waals surface area (Å²) in [6, 6.07) is 16.9. The second-order valence-corrected chi connectivity index (χ2v) is 5.65. The molecule has 26 heavy (non-hydrogen) atoms. The first-order valence-corrected chi connectivity index (χ1v) is 8.64. The predicted molar refractivity (Wildman–Crippen MR) is 105 cm³/mol. The van der Waals surface area contributed by atoms with Crippen LogP contribution in [0.3, 0.4) is 0 Å². The molecule has 2 rings (SSSR count). The highest BCUT2D eigenvalue weighted by Crippen LogP contribution is 2.13. The fourth-order valence-corrected chi connectivity index (χ4v) is 2.45. The number of carbonyl (C=O) groups is 2. The van der Waals surface area contributed by atoms with Crippen molar-refractivity contribution in [3.63, 3.8) is 0 Å². The molecule has 0 heterocycles. The van der Waals surface area contributed by atoms with E-state index < -0.39 is 5.91 Å². The molecule has 0 saturated carbocycles. The van der Waals surface area contributed by atoms with Crippen LogP contribution in [0.25, 0.3) is 0 Å². The van der Waals surface area contributed by atoms with E-state index in [9.17, 15) is 9.59 Å². The van der Waals surface area contributed by atoms with E-state index in [1.807, 2.05) is 42.5 Å². The summed E-state index contributed by atoms with van der Waals surface area (Å²) in [5, 5.41) is 6.55. The lowest BCUT2D eigenvalue weighted by Crippen LogP contribution is -2.24. The SMILES string of the molecule is CCN(CC)c1ccc(C=NNC(=O)CC(=O)Nc2ccccc2)cc1. The molecule has 2 amide bonds. The Morgan fingerprint density at radius 2 is 1.62 bits per heavy atom. The number of nitrogens with zero attached hydrogens (tertiary/aromatic N) is 2. The zero-order chi connectivity index (χ0) is 18.8. The van der Waals surface area contributed by atoms with Gasteiger partial charge in [0.15, 0.2) is 0 Å². The molecule has 2 N–H and O–H groups in total. The summed E-state index contributed by atoms with van der Waals surface area (Å²) < 4.78 is 0. The maximum absolute atomic E-state index is 11.8. The van der Waals surface area contributed by atoms with Crippen LogP contribution in [0.2, 0.25) is 0 Å². The van der Waals surface area contributed by atoms with Gasteiger partial charge in [0.25, 0.3) is 0 Å². The zero-order valence-corrected chi connectivity index (χ0v) is 15.1. The Balaban J connectivity index is 1.80. The van der Waals surface area contributed by atoms with Crippen molar-refractivity contribution in [2.24, 2.45) is 5.10 Å². The molecule has 0 atom stereocenters. The van der Waals surface area contributed by atoms with Crippen LogP contribution >= 0.6 is 0 Å². The molecule has 0 spiro atoms. The quantitative estimate of drug-likeness (QED) is 0.436. The molecular formula is C20H24N4O2. The highest BCUT2D eigenvalue weighted by Gasteiger charge is 2.08. The molecule has 0 radical (unpaired) electrons. The number of hydrazone groups is 1. The fourth-order valence-electron chi connectivity index (χ4n) is 2.45. The smallest absolute Gasteiger partial charge is 0.249 e. The van der Waals surface area contributed by atoms with Crippen LogP contribution in [0.4, 0.5) is 11.4 Å². The first kappa shape index (κ1) is 19.2. The lowest BCUT2D eigenvalue weighted by Gasteiger charge is -2.20. The van der Waals surface area contributed by atoms with E-state index in [0.717, 1.165) is 24.3 Å². The van der Waals surface area contributed by atoms with E-state index in [1.165, 1.54) is 0 Å². The van der Waals surface area contributed by atoms with E-state index in [0.29, 0.717) is 5.69 Å². The van der Waals surface area contributed by atoms with Crippen molar-refractivity contribution < 1.29 is 9.59 Å². The van der Waals surface area contributed by atoms with Gasteiger partial charge in [-0.05, 0) is 43.7 Å². The molecule has 0 aliphatic carbocycles. The van der Waals surface area contributed by atoms with Crippen molar-refractivity contribution in [2.45, 2.75) is 20.3 Å². The van der Waals surface area contributed by atoms with Crippen LogP contribution in [0.5, 0.6) is 0 Å². The summed E-state index contributed by atoms with van der Waals surface area (Å²) in [5.74, 6) is -0.845. The average molecular weight is 352 g/mol. The Morgan fingerprint density at radius 1 is 0.962 bits per heavy atom. The standard InChI is InChI=1S/C20H24N4O2/c1-3-24(4-2)18-12-10-16(11-13-18)15-21-23-20(26)14-19(25)22-17-8-6-5-7-9-17/h5-13,15H,3-4,14H2,1-2H3,(H,22,25)(H,23,26). The van der Waals surface area contributed by atoms with Gasteiger partial charge in [-0.2, -0.15) is 5.10 Å². The van der Waals surface area contributed by atoms with Gasteiger partial charge in [0.1, 0.15) is 6.42 Å². The minimum absolute atomic E-state index is 0.285. The van der Waals surface area contributed by atoms with Crippen LogP contribution in [0.15, 0.2) is 59.7 Å². The van der Waals surface area contributed by atoms with E-state index in [4.69, 9.17) is 0 Å². The van der Waals surface area contributed by atoms with Gasteiger partial charge in [0.05, 0.1) is 6.21 Å². The molecule has 0 aliphatic rings. The van der Waals surface area contributed by atoms with Crippen molar-refractivity contribution in [3.8, 4) is 0 Å². The number of nitrogens with one attached hydrogen (secondary N) is 2. The molecular weight excluding hydrogens is 328 g/mol. The van der Waals surface area contributed by atoms with Gasteiger partial charge >= 0.3 is 0 Å². The first-order chi connectivity index (χ1) is 12.6. The first-order valence-electron chi connectivity index (χ1n) is 8.64. The Kier molecular flexibility index (Phi) is 7.36. The minimum Gasteiger partial charge on any atom is -0.372 e. The maximum Gasteiger partial charge on any atom is 0.249 e. The van der Waals surface area contributed by atoms with Crippen LogP contribution in [0, 0.1) is 0 Å². The summed E-state index contributed by atoms with van der Waals surface area (Å²) >= 11 is 0. The molecule has 0 bridgehead atoms. The number of para-hydroxylation sites is 1. The van der Waals surface area contributed by atoms with Crippen LogP contribution in [-0.4, -0.2) is 31.1 Å². The van der Waals surface area contributed by atoms with Gasteiger partial charge in [-0.15, -0.1) is 0 Å². The number of carbonyl (C=O) groups excluding carboxylic acids is 2. The largest absolute Gasteiger partial charge is 0.372 e. The van der Waals surface area contributed by atoms with Gasteiger partial charge in [0, 0.05) is 24.5 Å². The van der Waals surface area contributed by atoms with E-state index in [-0.39, 0.29) is 12.3 Å². The van der Waals surface area contributed by atoms with Gasteiger partial charge in [-0.1, -0.05) is 30.3 Å². The average Bonchev–Trinajstić information content (AvgIpc) is 2.64. The molecule has 6 nitrogen and oxygen atoms in total. The molecule has 0 aliphatic heterocycles. The van der Waals surface area contributed by atoms with Crippen molar-refractivity contribution in [3.05, 3.63) is 60.2 Å². The third-order valence-corrected chi connectivity index (χ3v) is 3.80. The van der Waals surface area contributed by atoms with Crippen LogP contribution in [0.1, 0.15) is 25.8 Å². The lowest BCUT2D eigenvalue weighted by atomic mass is 10.2. The Hall–Kier alpha value is -3.15. The summed E-state index contributed by atoms with van der Waals surface area (Å²) in [6.07, 6.45) is 1.27. The highest BCUT2D eigenvalue weighted by molar-refractivity contribution is 6.03. The third-order valence-electron chi connectivity index (χ3n) is 3.80. The number of benzene rings is 2. The molecule has 0 unspecified atom stereocenters. The van der Waals surface area contributed by atoms with Gasteiger partial charge < -0.3 is 10.2 Å². The maximum atomic E-state index is 11.8. The van der Waals surface area contributed by atoms with E-state index in [1.54, 1.807) is 18.3 Å². The molecule has 0 saturated heterocycles. The topological polar surface area (TPSA) is 73.8 Å². The summed E-state index contributed by atoms with van der Waals surface area (Å²) in [7, 11) is 0. The normalized spacial score (nSPS) is 10.5. The van der Waals surface area contributed by atoms with Crippen molar-refractivity contribution >= 4 is 29.4 Å². The van der Waals surface area contributed by atoms with Gasteiger partial charge in [-0.25, -0.2) is 5.43 Å². The second-order valence-electron chi connectivity index (χ2n) is 5.65. The Bertz CT molecular complexity index is 738. The molecule has 2 aromatic carbocycles. The van der Waals surface area contributed by atoms with E-state index in [2.05, 4.69) is 34.6 Å². The molecule has 2 aromatic rings. The summed E-state index contributed by atoms with van der Waals surface area (Å²) in [6.45, 7) is 6.13. The van der Waals surface area contributed by atoms with Gasteiger partial charge in [-0.3, -0.25) is 9.59 Å². The molecule has 0 fully saturated rings. The predicted octanol–water partition coefficient (Wildman–Crippen LogP) is 3.01. The lowest BCUT2D eigenvalue weighted by molar-refractivity contribution is -0.126. The van der Waals surface area contributed by atoms with E-state index >= 15 is 0 Å². The summed E-state index contributed by atoms with van der Waals surface area (Å²) in [4.78, 5) is 25.8.